The minimum atomic E-state index is -0.368. The summed E-state index contributed by atoms with van der Waals surface area (Å²) in [5, 5.41) is 9.52. The highest BCUT2D eigenvalue weighted by Crippen LogP contribution is 2.22. The second-order valence-electron chi connectivity index (χ2n) is 4.95. The molecule has 2 atom stereocenters. The fraction of sp³-hybridized carbons (Fsp3) is 0.571. The van der Waals surface area contributed by atoms with Crippen LogP contribution in [0, 0.1) is 0 Å². The highest BCUT2D eigenvalue weighted by Gasteiger charge is 2.28. The molecule has 0 saturated carbocycles. The number of piperidine rings is 1. The van der Waals surface area contributed by atoms with Crippen molar-refractivity contribution in [3.63, 3.8) is 0 Å². The Morgan fingerprint density at radius 1 is 1.56 bits per heavy atom. The monoisotopic (exact) mass is 248 g/mol. The Kier molecular flexibility index (Phi) is 4.31. The van der Waals surface area contributed by atoms with Crippen molar-refractivity contribution in [1.29, 1.82) is 0 Å². The van der Waals surface area contributed by atoms with Gasteiger partial charge in [-0.25, -0.2) is 0 Å². The maximum Gasteiger partial charge on any atom is 0.272 e. The number of carbonyl (C=O) groups excluding carboxylic acids is 1. The third kappa shape index (κ3) is 3.07. The van der Waals surface area contributed by atoms with Crippen molar-refractivity contribution in [2.75, 3.05) is 6.54 Å². The molecule has 18 heavy (non-hydrogen) atoms. The van der Waals surface area contributed by atoms with Crippen molar-refractivity contribution < 1.29 is 9.90 Å². The van der Waals surface area contributed by atoms with Gasteiger partial charge in [0.15, 0.2) is 0 Å². The smallest absolute Gasteiger partial charge is 0.272 e. The van der Waals surface area contributed by atoms with E-state index >= 15 is 0 Å². The average Bonchev–Trinajstić information content (AvgIpc) is 2.39. The molecule has 0 bridgehead atoms. The molecule has 0 aliphatic carbocycles. The van der Waals surface area contributed by atoms with Crippen LogP contribution in [0.2, 0.25) is 0 Å². The van der Waals surface area contributed by atoms with Gasteiger partial charge in [0.25, 0.3) is 5.91 Å². The lowest BCUT2D eigenvalue weighted by Crippen LogP contribution is -2.45. The number of hydrogen-bond donors (Lipinski definition) is 1. The van der Waals surface area contributed by atoms with E-state index in [9.17, 15) is 9.90 Å². The second-order valence-corrected chi connectivity index (χ2v) is 4.95. The average molecular weight is 248 g/mol. The van der Waals surface area contributed by atoms with Gasteiger partial charge in [-0.3, -0.25) is 9.78 Å². The highest BCUT2D eigenvalue weighted by atomic mass is 16.3. The zero-order valence-corrected chi connectivity index (χ0v) is 10.7. The van der Waals surface area contributed by atoms with Gasteiger partial charge in [-0.1, -0.05) is 6.07 Å². The first kappa shape index (κ1) is 13.0. The third-order valence-electron chi connectivity index (χ3n) is 3.39. The molecule has 1 aliphatic heterocycles. The number of rotatable bonds is 3. The van der Waals surface area contributed by atoms with Crippen molar-refractivity contribution in [2.24, 2.45) is 0 Å². The Morgan fingerprint density at radius 2 is 2.39 bits per heavy atom. The van der Waals surface area contributed by atoms with Gasteiger partial charge in [0.2, 0.25) is 0 Å². The molecule has 0 spiro atoms. The first-order chi connectivity index (χ1) is 8.68. The van der Waals surface area contributed by atoms with E-state index in [1.165, 1.54) is 0 Å². The van der Waals surface area contributed by atoms with E-state index in [0.29, 0.717) is 12.1 Å². The molecule has 0 aromatic carbocycles. The van der Waals surface area contributed by atoms with E-state index < -0.39 is 0 Å². The van der Waals surface area contributed by atoms with Gasteiger partial charge in [0.05, 0.1) is 6.10 Å². The van der Waals surface area contributed by atoms with Crippen LogP contribution in [0.15, 0.2) is 24.4 Å². The molecule has 2 rings (SSSR count). The summed E-state index contributed by atoms with van der Waals surface area (Å²) < 4.78 is 0. The predicted octanol–water partition coefficient (Wildman–Crippen LogP) is 1.85. The molecular weight excluding hydrogens is 228 g/mol. The number of hydrogen-bond acceptors (Lipinski definition) is 3. The number of aliphatic hydroxyl groups is 1. The maximum absolute atomic E-state index is 12.4. The topological polar surface area (TPSA) is 53.4 Å². The van der Waals surface area contributed by atoms with Gasteiger partial charge in [-0.05, 0) is 44.7 Å². The molecule has 1 amide bonds. The number of aliphatic hydroxyl groups excluding tert-OH is 1. The van der Waals surface area contributed by atoms with Crippen LogP contribution in [0.1, 0.15) is 43.1 Å². The van der Waals surface area contributed by atoms with Crippen molar-refractivity contribution in [3.05, 3.63) is 30.1 Å². The largest absolute Gasteiger partial charge is 0.393 e. The summed E-state index contributed by atoms with van der Waals surface area (Å²) in [6.45, 7) is 2.55. The van der Waals surface area contributed by atoms with Crippen molar-refractivity contribution in [3.8, 4) is 0 Å². The van der Waals surface area contributed by atoms with Gasteiger partial charge in [0, 0.05) is 18.8 Å². The molecule has 1 aromatic heterocycles. The molecular formula is C14H20N2O2. The molecule has 0 radical (unpaired) electrons. The summed E-state index contributed by atoms with van der Waals surface area (Å²) in [4.78, 5) is 18.4. The fourth-order valence-corrected chi connectivity index (χ4v) is 2.54. The third-order valence-corrected chi connectivity index (χ3v) is 3.39. The number of nitrogens with zero attached hydrogens (tertiary/aromatic N) is 2. The van der Waals surface area contributed by atoms with Crippen LogP contribution in [-0.2, 0) is 0 Å². The standard InChI is InChI=1S/C14H20N2O2/c1-11(17)10-12-6-3-5-9-16(12)14(18)13-7-2-4-8-15-13/h2,4,7-8,11-12,17H,3,5-6,9-10H2,1H3. The van der Waals surface area contributed by atoms with Crippen LogP contribution in [-0.4, -0.2) is 39.6 Å². The molecule has 1 N–H and O–H groups in total. The van der Waals surface area contributed by atoms with Gasteiger partial charge in [-0.2, -0.15) is 0 Å². The lowest BCUT2D eigenvalue weighted by molar-refractivity contribution is 0.0509. The van der Waals surface area contributed by atoms with Crippen LogP contribution in [0.4, 0.5) is 0 Å². The first-order valence-electron chi connectivity index (χ1n) is 6.58. The van der Waals surface area contributed by atoms with Crippen LogP contribution in [0.25, 0.3) is 0 Å². The number of likely N-dealkylation sites (tertiary alicyclic amines) is 1. The van der Waals surface area contributed by atoms with Crippen molar-refractivity contribution in [2.45, 2.75) is 44.8 Å². The minimum Gasteiger partial charge on any atom is -0.393 e. The second kappa shape index (κ2) is 5.96. The number of carbonyl (C=O) groups is 1. The molecule has 2 heterocycles. The zero-order chi connectivity index (χ0) is 13.0. The van der Waals surface area contributed by atoms with Gasteiger partial charge >= 0.3 is 0 Å². The lowest BCUT2D eigenvalue weighted by atomic mass is 9.97. The lowest BCUT2D eigenvalue weighted by Gasteiger charge is -2.36. The van der Waals surface area contributed by atoms with Crippen LogP contribution in [0.5, 0.6) is 0 Å². The molecule has 1 aromatic rings. The molecule has 4 heteroatoms. The molecule has 1 aliphatic rings. The summed E-state index contributed by atoms with van der Waals surface area (Å²) in [5.41, 5.74) is 0.495. The molecule has 1 fully saturated rings. The van der Waals surface area contributed by atoms with E-state index in [-0.39, 0.29) is 18.1 Å². The van der Waals surface area contributed by atoms with Gasteiger partial charge in [-0.15, -0.1) is 0 Å². The number of amides is 1. The van der Waals surface area contributed by atoms with E-state index in [1.54, 1.807) is 25.3 Å². The number of aromatic nitrogens is 1. The Hall–Kier alpha value is -1.42. The quantitative estimate of drug-likeness (QED) is 0.888. The Morgan fingerprint density at radius 3 is 3.06 bits per heavy atom. The minimum absolute atomic E-state index is 0.0130. The normalized spacial score (nSPS) is 21.7. The SMILES string of the molecule is CC(O)CC1CCCCN1C(=O)c1ccccn1. The van der Waals surface area contributed by atoms with Gasteiger partial charge in [0.1, 0.15) is 5.69 Å². The fourth-order valence-electron chi connectivity index (χ4n) is 2.54. The van der Waals surface area contributed by atoms with E-state index in [0.717, 1.165) is 25.8 Å². The van der Waals surface area contributed by atoms with Crippen molar-refractivity contribution >= 4 is 5.91 Å². The van der Waals surface area contributed by atoms with Crippen molar-refractivity contribution in [1.82, 2.24) is 9.88 Å². The maximum atomic E-state index is 12.4. The van der Waals surface area contributed by atoms with E-state index in [1.807, 2.05) is 11.0 Å². The van der Waals surface area contributed by atoms with E-state index in [4.69, 9.17) is 0 Å². The molecule has 4 nitrogen and oxygen atoms in total. The summed E-state index contributed by atoms with van der Waals surface area (Å²) in [7, 11) is 0. The molecule has 2 unspecified atom stereocenters. The highest BCUT2D eigenvalue weighted by molar-refractivity contribution is 5.92. The Balaban J connectivity index is 2.11. The zero-order valence-electron chi connectivity index (χ0n) is 10.7. The molecule has 98 valence electrons. The Bertz CT molecular complexity index is 392. The van der Waals surface area contributed by atoms with Crippen LogP contribution < -0.4 is 0 Å². The molecule has 1 saturated heterocycles. The summed E-state index contributed by atoms with van der Waals surface area (Å²) in [6.07, 6.45) is 5.06. The number of pyridine rings is 1. The predicted molar refractivity (Wildman–Crippen MR) is 69.2 cm³/mol. The first-order valence-corrected chi connectivity index (χ1v) is 6.58. The van der Waals surface area contributed by atoms with Crippen LogP contribution >= 0.6 is 0 Å². The van der Waals surface area contributed by atoms with E-state index in [2.05, 4.69) is 4.98 Å². The summed E-state index contributed by atoms with van der Waals surface area (Å²) in [5.74, 6) is -0.0130. The summed E-state index contributed by atoms with van der Waals surface area (Å²) in [6, 6.07) is 5.53. The Labute approximate surface area is 108 Å². The van der Waals surface area contributed by atoms with Crippen LogP contribution in [0.3, 0.4) is 0 Å². The van der Waals surface area contributed by atoms with Gasteiger partial charge < -0.3 is 10.0 Å². The summed E-state index contributed by atoms with van der Waals surface area (Å²) >= 11 is 0.